The smallest absolute Gasteiger partial charge is 0.162 e. The van der Waals surface area contributed by atoms with Gasteiger partial charge in [-0.1, -0.05) is 0 Å². The molecule has 1 aromatic carbocycles. The lowest BCUT2D eigenvalue weighted by Gasteiger charge is -2.05. The molecule has 0 aromatic heterocycles. The maximum Gasteiger partial charge on any atom is 0.162 e. The van der Waals surface area contributed by atoms with Gasteiger partial charge in [-0.3, -0.25) is 4.99 Å². The summed E-state index contributed by atoms with van der Waals surface area (Å²) >= 11 is 0. The highest BCUT2D eigenvalue weighted by molar-refractivity contribution is 5.67. The van der Waals surface area contributed by atoms with Crippen molar-refractivity contribution in [3.63, 3.8) is 0 Å². The molecule has 2 N–H and O–H groups in total. The van der Waals surface area contributed by atoms with Crippen molar-refractivity contribution >= 4 is 11.9 Å². The molecule has 0 saturated carbocycles. The summed E-state index contributed by atoms with van der Waals surface area (Å²) in [5.41, 5.74) is 0.372. The van der Waals surface area contributed by atoms with Crippen molar-refractivity contribution in [3.05, 3.63) is 12.1 Å². The van der Waals surface area contributed by atoms with E-state index in [4.69, 9.17) is 4.74 Å². The number of rotatable bonds is 2. The van der Waals surface area contributed by atoms with E-state index < -0.39 is 0 Å². The van der Waals surface area contributed by atoms with Crippen molar-refractivity contribution in [1.82, 2.24) is 0 Å². The number of hydrogen-bond acceptors (Lipinski definition) is 4. The van der Waals surface area contributed by atoms with Crippen LogP contribution in [-0.4, -0.2) is 23.5 Å². The second kappa shape index (κ2) is 3.80. The summed E-state index contributed by atoms with van der Waals surface area (Å²) in [4.78, 5) is 3.89. The van der Waals surface area contributed by atoms with Gasteiger partial charge in [0.05, 0.1) is 7.11 Å². The first-order valence-electron chi connectivity index (χ1n) is 3.77. The highest BCUT2D eigenvalue weighted by Gasteiger charge is 2.07. The normalized spacial score (nSPS) is 10.6. The van der Waals surface area contributed by atoms with Crippen LogP contribution < -0.4 is 4.74 Å². The number of hydrogen-bond donors (Lipinski definition) is 2. The van der Waals surface area contributed by atoms with Crippen LogP contribution in [-0.2, 0) is 0 Å². The highest BCUT2D eigenvalue weighted by Crippen LogP contribution is 2.37. The summed E-state index contributed by atoms with van der Waals surface area (Å²) in [5, 5.41) is 18.6. The first-order valence-corrected chi connectivity index (χ1v) is 3.77. The van der Waals surface area contributed by atoms with Crippen LogP contribution >= 0.6 is 0 Å². The quantitative estimate of drug-likeness (QED) is 0.684. The Labute approximate surface area is 76.1 Å². The summed E-state index contributed by atoms with van der Waals surface area (Å²) in [6.07, 6.45) is 1.55. The SMILES string of the molecule is C/C=N/c1cc(OC)c(O)cc1O. The van der Waals surface area contributed by atoms with Gasteiger partial charge in [-0.25, -0.2) is 0 Å². The zero-order valence-corrected chi connectivity index (χ0v) is 7.48. The number of phenolic OH excluding ortho intramolecular Hbond substituents is 2. The van der Waals surface area contributed by atoms with Crippen molar-refractivity contribution in [3.8, 4) is 17.2 Å². The van der Waals surface area contributed by atoms with Crippen molar-refractivity contribution < 1.29 is 14.9 Å². The van der Waals surface area contributed by atoms with Gasteiger partial charge in [0.25, 0.3) is 0 Å². The lowest BCUT2D eigenvalue weighted by atomic mass is 10.2. The molecule has 70 valence electrons. The summed E-state index contributed by atoms with van der Waals surface area (Å²) in [6, 6.07) is 2.66. The molecule has 0 atom stereocenters. The molecule has 1 rings (SSSR count). The predicted octanol–water partition coefficient (Wildman–Crippen LogP) is 1.83. The van der Waals surface area contributed by atoms with Gasteiger partial charge in [-0.2, -0.15) is 0 Å². The number of phenols is 2. The van der Waals surface area contributed by atoms with Gasteiger partial charge in [0.15, 0.2) is 11.5 Å². The van der Waals surface area contributed by atoms with Crippen molar-refractivity contribution in [2.24, 2.45) is 4.99 Å². The fourth-order valence-corrected chi connectivity index (χ4v) is 0.953. The van der Waals surface area contributed by atoms with Crippen molar-refractivity contribution in [2.45, 2.75) is 6.92 Å². The van der Waals surface area contributed by atoms with Crippen LogP contribution in [0.1, 0.15) is 6.92 Å². The zero-order chi connectivity index (χ0) is 9.84. The average Bonchev–Trinajstić information content (AvgIpc) is 2.10. The largest absolute Gasteiger partial charge is 0.506 e. The molecule has 0 aliphatic rings. The lowest BCUT2D eigenvalue weighted by molar-refractivity contribution is 0.370. The highest BCUT2D eigenvalue weighted by atomic mass is 16.5. The van der Waals surface area contributed by atoms with Gasteiger partial charge in [0.1, 0.15) is 11.4 Å². The fraction of sp³-hybridized carbons (Fsp3) is 0.222. The van der Waals surface area contributed by atoms with Crippen molar-refractivity contribution in [1.29, 1.82) is 0 Å². The second-order valence-corrected chi connectivity index (χ2v) is 2.40. The standard InChI is InChI=1S/C9H11NO3/c1-3-10-6-4-9(13-2)8(12)5-7(6)11/h3-5,11-12H,1-2H3/b10-3+. The minimum atomic E-state index is -0.102. The van der Waals surface area contributed by atoms with Gasteiger partial charge in [0.2, 0.25) is 0 Å². The van der Waals surface area contributed by atoms with Crippen LogP contribution in [0.2, 0.25) is 0 Å². The molecular weight excluding hydrogens is 170 g/mol. The Balaban J connectivity index is 3.22. The Morgan fingerprint density at radius 1 is 1.31 bits per heavy atom. The molecular formula is C9H11NO3. The van der Waals surface area contributed by atoms with E-state index in [2.05, 4.69) is 4.99 Å². The van der Waals surface area contributed by atoms with Gasteiger partial charge >= 0.3 is 0 Å². The molecule has 0 radical (unpaired) electrons. The molecule has 13 heavy (non-hydrogen) atoms. The first kappa shape index (κ1) is 9.38. The molecule has 4 heteroatoms. The first-order chi connectivity index (χ1) is 6.19. The summed E-state index contributed by atoms with van der Waals surface area (Å²) in [5.74, 6) is 0.116. The average molecular weight is 181 g/mol. The number of nitrogens with zero attached hydrogens (tertiary/aromatic N) is 1. The zero-order valence-electron chi connectivity index (χ0n) is 7.48. The van der Waals surface area contributed by atoms with Crippen LogP contribution in [0, 0.1) is 0 Å². The number of methoxy groups -OCH3 is 1. The number of aromatic hydroxyl groups is 2. The van der Waals surface area contributed by atoms with E-state index in [0.29, 0.717) is 11.4 Å². The summed E-state index contributed by atoms with van der Waals surface area (Å²) in [6.45, 7) is 1.73. The molecule has 0 aliphatic heterocycles. The van der Waals surface area contributed by atoms with E-state index in [9.17, 15) is 10.2 Å². The van der Waals surface area contributed by atoms with E-state index in [1.54, 1.807) is 13.1 Å². The number of ether oxygens (including phenoxy) is 1. The second-order valence-electron chi connectivity index (χ2n) is 2.40. The van der Waals surface area contributed by atoms with Gasteiger partial charge in [0, 0.05) is 18.3 Å². The molecule has 0 bridgehead atoms. The summed E-state index contributed by atoms with van der Waals surface area (Å²) < 4.78 is 4.85. The van der Waals surface area contributed by atoms with Crippen molar-refractivity contribution in [2.75, 3.05) is 7.11 Å². The van der Waals surface area contributed by atoms with Crippen LogP contribution in [0.25, 0.3) is 0 Å². The molecule has 0 unspecified atom stereocenters. The maximum atomic E-state index is 9.31. The summed E-state index contributed by atoms with van der Waals surface area (Å²) in [7, 11) is 1.44. The van der Waals surface area contributed by atoms with Crippen LogP contribution in [0.5, 0.6) is 17.2 Å². The third kappa shape index (κ3) is 1.90. The lowest BCUT2D eigenvalue weighted by Crippen LogP contribution is -1.83. The Morgan fingerprint density at radius 3 is 2.54 bits per heavy atom. The maximum absolute atomic E-state index is 9.31. The van der Waals surface area contributed by atoms with E-state index >= 15 is 0 Å². The number of aliphatic imine (C=N–C) groups is 1. The molecule has 4 nitrogen and oxygen atoms in total. The molecule has 0 spiro atoms. The Bertz CT molecular complexity index is 334. The van der Waals surface area contributed by atoms with Crippen LogP contribution in [0.15, 0.2) is 17.1 Å². The molecule has 0 fully saturated rings. The van der Waals surface area contributed by atoms with Crippen LogP contribution in [0.3, 0.4) is 0 Å². The van der Waals surface area contributed by atoms with E-state index in [-0.39, 0.29) is 11.5 Å². The third-order valence-corrected chi connectivity index (χ3v) is 1.54. The van der Waals surface area contributed by atoms with E-state index in [0.717, 1.165) is 0 Å². The van der Waals surface area contributed by atoms with Gasteiger partial charge < -0.3 is 14.9 Å². The van der Waals surface area contributed by atoms with E-state index in [1.165, 1.54) is 19.2 Å². The minimum Gasteiger partial charge on any atom is -0.506 e. The monoisotopic (exact) mass is 181 g/mol. The molecule has 0 amide bonds. The Morgan fingerprint density at radius 2 is 2.00 bits per heavy atom. The van der Waals surface area contributed by atoms with E-state index in [1.807, 2.05) is 0 Å². The molecule has 0 saturated heterocycles. The molecule has 0 aliphatic carbocycles. The molecule has 1 aromatic rings. The topological polar surface area (TPSA) is 62.0 Å². The minimum absolute atomic E-state index is 0.0728. The molecule has 0 heterocycles. The van der Waals surface area contributed by atoms with Crippen LogP contribution in [0.4, 0.5) is 5.69 Å². The van der Waals surface area contributed by atoms with Gasteiger partial charge in [-0.15, -0.1) is 0 Å². The predicted molar refractivity (Wildman–Crippen MR) is 50.1 cm³/mol. The Hall–Kier alpha value is -1.71. The Kier molecular flexibility index (Phi) is 2.74. The van der Waals surface area contributed by atoms with Gasteiger partial charge in [-0.05, 0) is 6.92 Å². The third-order valence-electron chi connectivity index (χ3n) is 1.54. The fourth-order valence-electron chi connectivity index (χ4n) is 0.953. The number of benzene rings is 1.